The molecule has 2 saturated heterocycles. The lowest BCUT2D eigenvalue weighted by molar-refractivity contribution is -0.139. The van der Waals surface area contributed by atoms with Crippen molar-refractivity contribution in [2.45, 2.75) is 36.4 Å². The second-order valence-corrected chi connectivity index (χ2v) is 7.59. The second-order valence-electron chi connectivity index (χ2n) is 7.59. The summed E-state index contributed by atoms with van der Waals surface area (Å²) in [6, 6.07) is 5.46. The Morgan fingerprint density at radius 1 is 1.26 bits per heavy atom. The van der Waals surface area contributed by atoms with E-state index < -0.39 is 17.7 Å². The maximum absolute atomic E-state index is 11.3. The highest BCUT2D eigenvalue weighted by atomic mass is 16.5. The lowest BCUT2D eigenvalue weighted by Crippen LogP contribution is -2.50. The molecule has 3 aliphatic rings. The molecule has 1 spiro atoms. The first-order chi connectivity index (χ1) is 12.9. The number of ether oxygens (including phenoxy) is 3. The van der Waals surface area contributed by atoms with E-state index in [0.29, 0.717) is 5.75 Å². The molecule has 2 fully saturated rings. The predicted molar refractivity (Wildman–Crippen MR) is 99.0 cm³/mol. The van der Waals surface area contributed by atoms with Crippen molar-refractivity contribution in [1.29, 1.82) is 0 Å². The molecule has 0 bridgehead atoms. The summed E-state index contributed by atoms with van der Waals surface area (Å²) in [7, 11) is 5.36. The highest BCUT2D eigenvalue weighted by Crippen LogP contribution is 2.52. The maximum atomic E-state index is 11.3. The van der Waals surface area contributed by atoms with Gasteiger partial charge in [-0.1, -0.05) is 6.07 Å². The van der Waals surface area contributed by atoms with Crippen LogP contribution in [-0.2, 0) is 14.9 Å². The fraction of sp³-hybridized carbons (Fsp3) is 0.550. The van der Waals surface area contributed by atoms with E-state index in [1.165, 1.54) is 11.3 Å². The highest BCUT2D eigenvalue weighted by Gasteiger charge is 2.52. The predicted octanol–water partition coefficient (Wildman–Crippen LogP) is 1.72. The van der Waals surface area contributed by atoms with Crippen molar-refractivity contribution in [3.05, 3.63) is 35.5 Å². The highest BCUT2D eigenvalue weighted by molar-refractivity contribution is 5.74. The third kappa shape index (κ3) is 2.76. The first kappa shape index (κ1) is 18.1. The molecule has 3 atom stereocenters. The fourth-order valence-corrected chi connectivity index (χ4v) is 4.71. The van der Waals surface area contributed by atoms with E-state index in [1.54, 1.807) is 14.2 Å². The first-order valence-corrected chi connectivity index (χ1v) is 9.24. The monoisotopic (exact) mass is 374 g/mol. The van der Waals surface area contributed by atoms with Crippen LogP contribution in [0.15, 0.2) is 30.0 Å². The molecule has 7 nitrogen and oxygen atoms in total. The standard InChI is InChI=1S/C20H26N2O5/c1-22-9-8-19(13-4-5-15(25-2)16(10-13)26-3)6-7-20(11-17(19)22)21-14(12-27-20)18(23)24/h4-5,10-11,14,21H,6-9,12H2,1-3H3,(H,23,24)/t14?,19-,20?/m0/s1. The Kier molecular flexibility index (Phi) is 4.31. The Hall–Kier alpha value is -2.25. The number of aliphatic carboxylic acids is 1. The van der Waals surface area contributed by atoms with Gasteiger partial charge in [-0.25, -0.2) is 0 Å². The van der Waals surface area contributed by atoms with Gasteiger partial charge in [-0.15, -0.1) is 0 Å². The van der Waals surface area contributed by atoms with Gasteiger partial charge in [0.15, 0.2) is 11.5 Å². The van der Waals surface area contributed by atoms with Crippen LogP contribution in [0.5, 0.6) is 11.5 Å². The minimum Gasteiger partial charge on any atom is -0.493 e. The number of likely N-dealkylation sites (N-methyl/N-ethyl adjacent to an activating group) is 1. The van der Waals surface area contributed by atoms with Crippen LogP contribution >= 0.6 is 0 Å². The van der Waals surface area contributed by atoms with E-state index >= 15 is 0 Å². The van der Waals surface area contributed by atoms with Gasteiger partial charge in [0.1, 0.15) is 11.8 Å². The van der Waals surface area contributed by atoms with Gasteiger partial charge < -0.3 is 24.2 Å². The van der Waals surface area contributed by atoms with Gasteiger partial charge in [0.05, 0.1) is 20.8 Å². The number of nitrogens with one attached hydrogen (secondary N) is 1. The zero-order valence-corrected chi connectivity index (χ0v) is 15.9. The number of carboxylic acids is 1. The largest absolute Gasteiger partial charge is 0.493 e. The molecule has 27 heavy (non-hydrogen) atoms. The average molecular weight is 374 g/mol. The minimum absolute atomic E-state index is 0.119. The second kappa shape index (κ2) is 6.42. The van der Waals surface area contributed by atoms with Crippen LogP contribution in [0.1, 0.15) is 24.8 Å². The van der Waals surface area contributed by atoms with Crippen molar-refractivity contribution in [3.63, 3.8) is 0 Å². The zero-order chi connectivity index (χ0) is 19.2. The van der Waals surface area contributed by atoms with Crippen LogP contribution in [0.4, 0.5) is 0 Å². The summed E-state index contributed by atoms with van der Waals surface area (Å²) >= 11 is 0. The molecule has 1 aliphatic carbocycles. The van der Waals surface area contributed by atoms with E-state index in [9.17, 15) is 9.90 Å². The van der Waals surface area contributed by atoms with Crippen LogP contribution in [-0.4, -0.2) is 62.2 Å². The molecule has 4 rings (SSSR count). The number of hydrogen-bond donors (Lipinski definition) is 2. The Morgan fingerprint density at radius 2 is 2.04 bits per heavy atom. The summed E-state index contributed by atoms with van der Waals surface area (Å²) in [6.45, 7) is 1.13. The average Bonchev–Trinajstić information content (AvgIpc) is 3.24. The minimum atomic E-state index is -0.873. The lowest BCUT2D eigenvalue weighted by atomic mass is 9.69. The molecule has 0 aromatic heterocycles. The fourth-order valence-electron chi connectivity index (χ4n) is 4.71. The van der Waals surface area contributed by atoms with E-state index in [1.807, 2.05) is 6.07 Å². The number of likely N-dealkylation sites (tertiary alicyclic amines) is 1. The van der Waals surface area contributed by atoms with Crippen molar-refractivity contribution in [1.82, 2.24) is 10.2 Å². The van der Waals surface area contributed by atoms with Crippen LogP contribution in [0.2, 0.25) is 0 Å². The third-order valence-electron chi connectivity index (χ3n) is 6.23. The number of carboxylic acid groups (broad SMARTS) is 1. The number of fused-ring (bicyclic) bond motifs is 1. The first-order valence-electron chi connectivity index (χ1n) is 9.24. The Morgan fingerprint density at radius 3 is 2.70 bits per heavy atom. The Balaban J connectivity index is 1.74. The van der Waals surface area contributed by atoms with Gasteiger partial charge in [-0.3, -0.25) is 10.1 Å². The normalized spacial score (nSPS) is 32.3. The molecular formula is C20H26N2O5. The molecule has 0 radical (unpaired) electrons. The van der Waals surface area contributed by atoms with Crippen molar-refractivity contribution in [2.75, 3.05) is 34.4 Å². The molecule has 2 heterocycles. The van der Waals surface area contributed by atoms with E-state index in [0.717, 1.165) is 31.6 Å². The van der Waals surface area contributed by atoms with Gasteiger partial charge in [-0.05, 0) is 43.0 Å². The summed E-state index contributed by atoms with van der Waals surface area (Å²) in [5, 5.41) is 12.5. The van der Waals surface area contributed by atoms with Crippen molar-refractivity contribution in [3.8, 4) is 11.5 Å². The van der Waals surface area contributed by atoms with E-state index in [-0.39, 0.29) is 12.0 Å². The maximum Gasteiger partial charge on any atom is 0.323 e. The molecule has 7 heteroatoms. The SMILES string of the molecule is COc1ccc([C@]23CCN(C)C2=CC2(CC3)NC(C(=O)O)CO2)cc1OC. The molecule has 2 aliphatic heterocycles. The number of methoxy groups -OCH3 is 2. The van der Waals surface area contributed by atoms with Crippen molar-refractivity contribution < 1.29 is 24.1 Å². The van der Waals surface area contributed by atoms with Crippen LogP contribution in [0.25, 0.3) is 0 Å². The smallest absolute Gasteiger partial charge is 0.323 e. The molecule has 0 amide bonds. The quantitative estimate of drug-likeness (QED) is 0.831. The number of allylic oxidation sites excluding steroid dienone is 1. The molecule has 146 valence electrons. The molecule has 1 aromatic rings. The molecule has 0 saturated carbocycles. The Bertz CT molecular complexity index is 795. The van der Waals surface area contributed by atoms with Crippen LogP contribution in [0.3, 0.4) is 0 Å². The van der Waals surface area contributed by atoms with Gasteiger partial charge in [0.25, 0.3) is 0 Å². The summed E-state index contributed by atoms with van der Waals surface area (Å²) in [6.07, 6.45) is 4.70. The zero-order valence-electron chi connectivity index (χ0n) is 15.9. The van der Waals surface area contributed by atoms with Gasteiger partial charge in [0, 0.05) is 24.7 Å². The van der Waals surface area contributed by atoms with Gasteiger partial charge in [0.2, 0.25) is 0 Å². The van der Waals surface area contributed by atoms with E-state index in [4.69, 9.17) is 14.2 Å². The lowest BCUT2D eigenvalue weighted by Gasteiger charge is -2.42. The molecule has 2 N–H and O–H groups in total. The summed E-state index contributed by atoms with van der Waals surface area (Å²) in [5.41, 5.74) is 1.56. The van der Waals surface area contributed by atoms with E-state index in [2.05, 4.69) is 35.5 Å². The van der Waals surface area contributed by atoms with Gasteiger partial charge >= 0.3 is 5.97 Å². The number of rotatable bonds is 4. The number of hydrogen-bond acceptors (Lipinski definition) is 6. The Labute approximate surface area is 158 Å². The van der Waals surface area contributed by atoms with Crippen LogP contribution in [0, 0.1) is 0 Å². The van der Waals surface area contributed by atoms with Crippen molar-refractivity contribution in [2.24, 2.45) is 0 Å². The number of benzene rings is 1. The van der Waals surface area contributed by atoms with Crippen molar-refractivity contribution >= 4 is 5.97 Å². The van der Waals surface area contributed by atoms with Crippen LogP contribution < -0.4 is 14.8 Å². The topological polar surface area (TPSA) is 80.3 Å². The van der Waals surface area contributed by atoms with Gasteiger partial charge in [-0.2, -0.15) is 0 Å². The summed E-state index contributed by atoms with van der Waals surface area (Å²) in [5.74, 6) is 0.563. The number of nitrogens with zero attached hydrogens (tertiary/aromatic N) is 1. The summed E-state index contributed by atoms with van der Waals surface area (Å²) in [4.78, 5) is 13.6. The summed E-state index contributed by atoms with van der Waals surface area (Å²) < 4.78 is 16.8. The molecule has 1 aromatic carbocycles. The molecular weight excluding hydrogens is 348 g/mol. The number of carbonyl (C=O) groups is 1. The third-order valence-corrected chi connectivity index (χ3v) is 6.23. The molecule has 2 unspecified atom stereocenters.